The van der Waals surface area contributed by atoms with Crippen LogP contribution in [0.2, 0.25) is 0 Å². The maximum Gasteiger partial charge on any atom is 0.109 e. The second kappa shape index (κ2) is 13.5. The van der Waals surface area contributed by atoms with Crippen LogP contribution in [-0.2, 0) is 10.8 Å². The highest BCUT2D eigenvalue weighted by Crippen LogP contribution is 2.50. The molecule has 0 unspecified atom stereocenters. The molecule has 0 radical (unpaired) electrons. The van der Waals surface area contributed by atoms with Crippen molar-refractivity contribution in [3.8, 4) is 0 Å². The van der Waals surface area contributed by atoms with Crippen molar-refractivity contribution < 1.29 is 0 Å². The summed E-state index contributed by atoms with van der Waals surface area (Å²) in [6.45, 7) is 13.6. The van der Waals surface area contributed by atoms with Crippen molar-refractivity contribution >= 4 is 104 Å². The van der Waals surface area contributed by atoms with Gasteiger partial charge in [0.15, 0.2) is 0 Å². The molecule has 11 rings (SSSR count). The zero-order valence-electron chi connectivity index (χ0n) is 35.0. The maximum absolute atomic E-state index is 2.57. The van der Waals surface area contributed by atoms with Gasteiger partial charge in [0.1, 0.15) is 4.83 Å². The molecule has 0 aliphatic heterocycles. The summed E-state index contributed by atoms with van der Waals surface area (Å²) in [5, 5.41) is 9.11. The van der Waals surface area contributed by atoms with Crippen LogP contribution in [0, 0.1) is 0 Å². The SMILES string of the molecule is CC(C)(C)c1ccc(N(c2ccccc2)c2ccc3c(c2)sc2c3c3c4ccccc4cc4c5ccc(N(c6ccccc6)c6ccc(C(C)(C)C)cc6)cc5n2c43)cc1. The monoisotopic (exact) mass is 793 g/mol. The van der Waals surface area contributed by atoms with Gasteiger partial charge in [0.2, 0.25) is 0 Å². The molecule has 0 aliphatic rings. The van der Waals surface area contributed by atoms with Gasteiger partial charge >= 0.3 is 0 Å². The Morgan fingerprint density at radius 3 is 1.45 bits per heavy atom. The van der Waals surface area contributed by atoms with E-state index in [1.807, 2.05) is 11.3 Å². The first kappa shape index (κ1) is 36.5. The van der Waals surface area contributed by atoms with Crippen LogP contribution >= 0.6 is 11.3 Å². The van der Waals surface area contributed by atoms with Gasteiger partial charge in [-0.3, -0.25) is 4.40 Å². The zero-order chi connectivity index (χ0) is 40.9. The van der Waals surface area contributed by atoms with E-state index in [0.717, 1.165) is 34.1 Å². The predicted octanol–water partition coefficient (Wildman–Crippen LogP) is 16.7. The molecule has 3 heterocycles. The summed E-state index contributed by atoms with van der Waals surface area (Å²) in [5.41, 5.74) is 12.2. The van der Waals surface area contributed by atoms with Crippen LogP contribution in [0.5, 0.6) is 0 Å². The lowest BCUT2D eigenvalue weighted by Crippen LogP contribution is -2.13. The molecule has 0 bridgehead atoms. The van der Waals surface area contributed by atoms with Crippen molar-refractivity contribution in [3.63, 3.8) is 0 Å². The Kier molecular flexibility index (Phi) is 8.18. The van der Waals surface area contributed by atoms with Crippen LogP contribution in [0.3, 0.4) is 0 Å². The number of benzene rings is 8. The third kappa shape index (κ3) is 5.77. The third-order valence-corrected chi connectivity index (χ3v) is 13.5. The van der Waals surface area contributed by atoms with Crippen molar-refractivity contribution in [3.05, 3.63) is 187 Å². The highest BCUT2D eigenvalue weighted by molar-refractivity contribution is 7.25. The topological polar surface area (TPSA) is 10.9 Å². The largest absolute Gasteiger partial charge is 0.310 e. The quantitative estimate of drug-likeness (QED) is 0.166. The Labute approximate surface area is 355 Å². The molecule has 292 valence electrons. The van der Waals surface area contributed by atoms with Crippen molar-refractivity contribution in [1.82, 2.24) is 4.40 Å². The molecule has 60 heavy (non-hydrogen) atoms. The summed E-state index contributed by atoms with van der Waals surface area (Å²) in [6.07, 6.45) is 0. The lowest BCUT2D eigenvalue weighted by atomic mass is 9.87. The summed E-state index contributed by atoms with van der Waals surface area (Å²) < 4.78 is 3.85. The van der Waals surface area contributed by atoms with Crippen LogP contribution in [0.15, 0.2) is 176 Å². The summed E-state index contributed by atoms with van der Waals surface area (Å²) in [5.74, 6) is 0. The summed E-state index contributed by atoms with van der Waals surface area (Å²) in [7, 11) is 0. The lowest BCUT2D eigenvalue weighted by molar-refractivity contribution is 0.590. The van der Waals surface area contributed by atoms with Gasteiger partial charge in [0.25, 0.3) is 0 Å². The number of anilines is 6. The van der Waals surface area contributed by atoms with Gasteiger partial charge in [0, 0.05) is 65.8 Å². The molecular weight excluding hydrogens is 747 g/mol. The second-order valence-corrected chi connectivity index (χ2v) is 19.3. The van der Waals surface area contributed by atoms with Crippen molar-refractivity contribution in [2.24, 2.45) is 0 Å². The fourth-order valence-corrected chi connectivity index (χ4v) is 10.6. The molecule has 8 aromatic carbocycles. The van der Waals surface area contributed by atoms with E-state index in [9.17, 15) is 0 Å². The summed E-state index contributed by atoms with van der Waals surface area (Å²) in [4.78, 5) is 6.07. The number of aromatic nitrogens is 1. The predicted molar refractivity (Wildman–Crippen MR) is 261 cm³/mol. The second-order valence-electron chi connectivity index (χ2n) is 18.3. The standard InChI is InChI=1S/C56H47N3S/c1-55(2,3)37-21-25-41(26-22-37)57(39-16-9-7-10-17-39)43-29-31-46-48-33-36-15-13-14-20-45(36)51-52-47-32-30-44(35-50(47)60-54(52)59(53(48)51)49(46)34-43)58(40-18-11-8-12-19-40)42-27-23-38(24-28-42)56(4,5)6/h7-35H,1-6H3. The molecule has 0 aliphatic carbocycles. The van der Waals surface area contributed by atoms with Gasteiger partial charge in [-0.25, -0.2) is 0 Å². The van der Waals surface area contributed by atoms with E-state index in [0.29, 0.717) is 0 Å². The van der Waals surface area contributed by atoms with E-state index in [1.54, 1.807) is 0 Å². The minimum absolute atomic E-state index is 0.0761. The first-order valence-corrected chi connectivity index (χ1v) is 21.8. The molecule has 3 aromatic heterocycles. The molecule has 0 fully saturated rings. The van der Waals surface area contributed by atoms with E-state index in [1.165, 1.54) is 69.4 Å². The average Bonchev–Trinajstić information content (AvgIpc) is 3.89. The summed E-state index contributed by atoms with van der Waals surface area (Å²) in [6, 6.07) is 65.2. The molecule has 3 nitrogen and oxygen atoms in total. The Hall–Kier alpha value is -6.62. The number of hydrogen-bond acceptors (Lipinski definition) is 3. The number of rotatable bonds is 6. The van der Waals surface area contributed by atoms with Crippen LogP contribution in [-0.4, -0.2) is 4.40 Å². The van der Waals surface area contributed by atoms with E-state index in [2.05, 4.69) is 232 Å². The van der Waals surface area contributed by atoms with Gasteiger partial charge in [-0.1, -0.05) is 139 Å². The van der Waals surface area contributed by atoms with Crippen molar-refractivity contribution in [1.29, 1.82) is 0 Å². The first-order valence-electron chi connectivity index (χ1n) is 21.0. The van der Waals surface area contributed by atoms with E-state index in [4.69, 9.17) is 0 Å². The van der Waals surface area contributed by atoms with Gasteiger partial charge < -0.3 is 9.80 Å². The average molecular weight is 794 g/mol. The summed E-state index contributed by atoms with van der Waals surface area (Å²) >= 11 is 1.91. The number of para-hydroxylation sites is 2. The Morgan fingerprint density at radius 2 is 0.883 bits per heavy atom. The van der Waals surface area contributed by atoms with Gasteiger partial charge in [-0.05, 0) is 112 Å². The molecule has 0 spiro atoms. The first-order chi connectivity index (χ1) is 29.0. The number of nitrogens with zero attached hydrogens (tertiary/aromatic N) is 3. The maximum atomic E-state index is 2.57. The van der Waals surface area contributed by atoms with Gasteiger partial charge in [-0.15, -0.1) is 11.3 Å². The molecule has 0 amide bonds. The van der Waals surface area contributed by atoms with Gasteiger partial charge in [0.05, 0.1) is 11.0 Å². The molecular formula is C56H47N3S. The number of fused-ring (bicyclic) bond motifs is 10. The minimum atomic E-state index is 0.0761. The highest BCUT2D eigenvalue weighted by Gasteiger charge is 2.26. The van der Waals surface area contributed by atoms with Crippen LogP contribution < -0.4 is 9.80 Å². The lowest BCUT2D eigenvalue weighted by Gasteiger charge is -2.27. The highest BCUT2D eigenvalue weighted by atomic mass is 32.1. The molecule has 0 atom stereocenters. The van der Waals surface area contributed by atoms with Crippen LogP contribution in [0.25, 0.3) is 58.3 Å². The number of hydrogen-bond donors (Lipinski definition) is 0. The number of thiophene rings is 1. The van der Waals surface area contributed by atoms with E-state index in [-0.39, 0.29) is 10.8 Å². The molecule has 0 saturated carbocycles. The molecule has 0 N–H and O–H groups in total. The van der Waals surface area contributed by atoms with E-state index >= 15 is 0 Å². The fourth-order valence-electron chi connectivity index (χ4n) is 9.31. The van der Waals surface area contributed by atoms with Crippen molar-refractivity contribution in [2.45, 2.75) is 52.4 Å². The van der Waals surface area contributed by atoms with Gasteiger partial charge in [-0.2, -0.15) is 0 Å². The zero-order valence-corrected chi connectivity index (χ0v) is 35.8. The molecule has 4 heteroatoms. The van der Waals surface area contributed by atoms with Crippen LogP contribution in [0.1, 0.15) is 52.7 Å². The Balaban J connectivity index is 1.15. The van der Waals surface area contributed by atoms with E-state index < -0.39 is 0 Å². The molecule has 11 aromatic rings. The Morgan fingerprint density at radius 1 is 0.400 bits per heavy atom. The van der Waals surface area contributed by atoms with Crippen LogP contribution in [0.4, 0.5) is 34.1 Å². The molecule has 0 saturated heterocycles. The van der Waals surface area contributed by atoms with Crippen molar-refractivity contribution in [2.75, 3.05) is 9.80 Å². The third-order valence-electron chi connectivity index (χ3n) is 12.4. The minimum Gasteiger partial charge on any atom is -0.310 e. The smallest absolute Gasteiger partial charge is 0.109 e. The Bertz CT molecular complexity index is 3360. The fraction of sp³-hybridized carbons (Fsp3) is 0.143. The normalized spacial score (nSPS) is 12.5.